The predicted octanol–water partition coefficient (Wildman–Crippen LogP) is 3.23. The number of amides is 1. The molecule has 0 radical (unpaired) electrons. The summed E-state index contributed by atoms with van der Waals surface area (Å²) in [5.74, 6) is 0.967. The second kappa shape index (κ2) is 6.09. The van der Waals surface area contributed by atoms with Gasteiger partial charge in [0.1, 0.15) is 0 Å². The number of carbonyl (C=O) groups is 1. The summed E-state index contributed by atoms with van der Waals surface area (Å²) in [6.45, 7) is 5.98. The molecular weight excluding hydrogens is 236 g/mol. The van der Waals surface area contributed by atoms with Crippen molar-refractivity contribution in [3.63, 3.8) is 0 Å². The van der Waals surface area contributed by atoms with Crippen LogP contribution >= 0.6 is 0 Å². The Labute approximate surface area is 115 Å². The average molecular weight is 260 g/mol. The van der Waals surface area contributed by atoms with E-state index in [1.54, 1.807) is 0 Å². The molecule has 2 rings (SSSR count). The van der Waals surface area contributed by atoms with Crippen molar-refractivity contribution in [3.05, 3.63) is 29.3 Å². The first-order valence-electron chi connectivity index (χ1n) is 7.27. The van der Waals surface area contributed by atoms with Gasteiger partial charge in [-0.05, 0) is 49.4 Å². The van der Waals surface area contributed by atoms with Crippen molar-refractivity contribution in [2.45, 2.75) is 39.5 Å². The highest BCUT2D eigenvalue weighted by molar-refractivity contribution is 5.96. The van der Waals surface area contributed by atoms with E-state index >= 15 is 0 Å². The van der Waals surface area contributed by atoms with Gasteiger partial charge < -0.3 is 10.6 Å². The van der Waals surface area contributed by atoms with E-state index in [4.69, 9.17) is 5.73 Å². The SMILES string of the molecule is CCCC1CCN(C(=O)c2ccc(N)cc2C)CC1. The minimum absolute atomic E-state index is 0.160. The molecule has 1 fully saturated rings. The van der Waals surface area contributed by atoms with Gasteiger partial charge in [0.2, 0.25) is 0 Å². The van der Waals surface area contributed by atoms with Crippen molar-refractivity contribution < 1.29 is 4.79 Å². The summed E-state index contributed by atoms with van der Waals surface area (Å²) in [7, 11) is 0. The molecule has 3 nitrogen and oxygen atoms in total. The van der Waals surface area contributed by atoms with E-state index in [-0.39, 0.29) is 5.91 Å². The molecule has 0 aromatic heterocycles. The third kappa shape index (κ3) is 3.28. The summed E-state index contributed by atoms with van der Waals surface area (Å²) in [6, 6.07) is 5.53. The van der Waals surface area contributed by atoms with Gasteiger partial charge in [-0.15, -0.1) is 0 Å². The summed E-state index contributed by atoms with van der Waals surface area (Å²) >= 11 is 0. The number of nitrogens with zero attached hydrogens (tertiary/aromatic N) is 1. The van der Waals surface area contributed by atoms with E-state index < -0.39 is 0 Å². The summed E-state index contributed by atoms with van der Waals surface area (Å²) in [5.41, 5.74) is 8.22. The van der Waals surface area contributed by atoms with Crippen LogP contribution in [-0.2, 0) is 0 Å². The molecule has 104 valence electrons. The maximum Gasteiger partial charge on any atom is 0.254 e. The molecule has 0 unspecified atom stereocenters. The van der Waals surface area contributed by atoms with Crippen molar-refractivity contribution >= 4 is 11.6 Å². The number of nitrogen functional groups attached to an aromatic ring is 1. The van der Waals surface area contributed by atoms with Crippen LogP contribution in [0.25, 0.3) is 0 Å². The molecule has 1 aliphatic rings. The standard InChI is InChI=1S/C16H24N2O/c1-3-4-13-7-9-18(10-8-13)16(19)15-6-5-14(17)11-12(15)2/h5-6,11,13H,3-4,7-10,17H2,1-2H3. The Hall–Kier alpha value is -1.51. The first-order chi connectivity index (χ1) is 9.11. The lowest BCUT2D eigenvalue weighted by atomic mass is 9.92. The zero-order chi connectivity index (χ0) is 13.8. The molecule has 2 N–H and O–H groups in total. The lowest BCUT2D eigenvalue weighted by Crippen LogP contribution is -2.38. The predicted molar refractivity (Wildman–Crippen MR) is 79.1 cm³/mol. The number of aryl methyl sites for hydroxylation is 1. The van der Waals surface area contributed by atoms with Crippen LogP contribution in [0, 0.1) is 12.8 Å². The van der Waals surface area contributed by atoms with Crippen molar-refractivity contribution in [2.75, 3.05) is 18.8 Å². The Morgan fingerprint density at radius 3 is 2.63 bits per heavy atom. The van der Waals surface area contributed by atoms with E-state index in [2.05, 4.69) is 6.92 Å². The Morgan fingerprint density at radius 1 is 1.37 bits per heavy atom. The van der Waals surface area contributed by atoms with Crippen molar-refractivity contribution in [1.82, 2.24) is 4.90 Å². The van der Waals surface area contributed by atoms with Gasteiger partial charge >= 0.3 is 0 Å². The number of benzene rings is 1. The molecule has 1 heterocycles. The highest BCUT2D eigenvalue weighted by atomic mass is 16.2. The van der Waals surface area contributed by atoms with Crippen LogP contribution in [0.3, 0.4) is 0 Å². The first kappa shape index (κ1) is 13.9. The molecule has 0 spiro atoms. The minimum atomic E-state index is 0.160. The van der Waals surface area contributed by atoms with Gasteiger partial charge in [0.15, 0.2) is 0 Å². The molecule has 1 aliphatic heterocycles. The van der Waals surface area contributed by atoms with Gasteiger partial charge in [0, 0.05) is 24.3 Å². The summed E-state index contributed by atoms with van der Waals surface area (Å²) < 4.78 is 0. The topological polar surface area (TPSA) is 46.3 Å². The van der Waals surface area contributed by atoms with Gasteiger partial charge in [0.25, 0.3) is 5.91 Å². The van der Waals surface area contributed by atoms with Gasteiger partial charge in [-0.1, -0.05) is 19.8 Å². The molecule has 1 aromatic rings. The average Bonchev–Trinajstić information content (AvgIpc) is 2.39. The maximum atomic E-state index is 12.5. The van der Waals surface area contributed by atoms with E-state index in [0.717, 1.165) is 48.7 Å². The largest absolute Gasteiger partial charge is 0.399 e. The lowest BCUT2D eigenvalue weighted by Gasteiger charge is -2.32. The highest BCUT2D eigenvalue weighted by Gasteiger charge is 2.23. The van der Waals surface area contributed by atoms with Crippen LogP contribution < -0.4 is 5.73 Å². The fourth-order valence-corrected chi connectivity index (χ4v) is 2.93. The first-order valence-corrected chi connectivity index (χ1v) is 7.27. The quantitative estimate of drug-likeness (QED) is 0.848. The van der Waals surface area contributed by atoms with Crippen LogP contribution in [0.2, 0.25) is 0 Å². The Morgan fingerprint density at radius 2 is 2.05 bits per heavy atom. The molecular formula is C16H24N2O. The van der Waals surface area contributed by atoms with Crippen molar-refractivity contribution in [1.29, 1.82) is 0 Å². The number of rotatable bonds is 3. The fourth-order valence-electron chi connectivity index (χ4n) is 2.93. The molecule has 1 aromatic carbocycles. The number of hydrogen-bond acceptors (Lipinski definition) is 2. The van der Waals surface area contributed by atoms with E-state index in [1.807, 2.05) is 30.0 Å². The summed E-state index contributed by atoms with van der Waals surface area (Å²) in [6.07, 6.45) is 4.83. The van der Waals surface area contributed by atoms with Crippen molar-refractivity contribution in [3.8, 4) is 0 Å². The Kier molecular flexibility index (Phi) is 4.46. The minimum Gasteiger partial charge on any atom is -0.399 e. The van der Waals surface area contributed by atoms with E-state index in [0.29, 0.717) is 0 Å². The Bertz CT molecular complexity index is 448. The monoisotopic (exact) mass is 260 g/mol. The van der Waals surface area contributed by atoms with Crippen LogP contribution in [0.4, 0.5) is 5.69 Å². The second-order valence-electron chi connectivity index (χ2n) is 5.60. The van der Waals surface area contributed by atoms with Gasteiger partial charge in [-0.25, -0.2) is 0 Å². The molecule has 0 saturated carbocycles. The number of anilines is 1. The van der Waals surface area contributed by atoms with Gasteiger partial charge in [-0.2, -0.15) is 0 Å². The molecule has 3 heteroatoms. The van der Waals surface area contributed by atoms with E-state index in [9.17, 15) is 4.79 Å². The molecule has 0 aliphatic carbocycles. The maximum absolute atomic E-state index is 12.5. The second-order valence-corrected chi connectivity index (χ2v) is 5.60. The Balaban J connectivity index is 2.01. The molecule has 1 amide bonds. The van der Waals surface area contributed by atoms with Crippen LogP contribution in [0.1, 0.15) is 48.5 Å². The van der Waals surface area contributed by atoms with Crippen LogP contribution in [0.15, 0.2) is 18.2 Å². The van der Waals surface area contributed by atoms with Crippen LogP contribution in [-0.4, -0.2) is 23.9 Å². The van der Waals surface area contributed by atoms with Gasteiger partial charge in [-0.3, -0.25) is 4.79 Å². The zero-order valence-corrected chi connectivity index (χ0v) is 12.0. The molecule has 0 bridgehead atoms. The number of nitrogens with two attached hydrogens (primary N) is 1. The van der Waals surface area contributed by atoms with Crippen LogP contribution in [0.5, 0.6) is 0 Å². The number of piperidine rings is 1. The number of likely N-dealkylation sites (tertiary alicyclic amines) is 1. The summed E-state index contributed by atoms with van der Waals surface area (Å²) in [4.78, 5) is 14.5. The summed E-state index contributed by atoms with van der Waals surface area (Å²) in [5, 5.41) is 0. The van der Waals surface area contributed by atoms with E-state index in [1.165, 1.54) is 12.8 Å². The molecule has 19 heavy (non-hydrogen) atoms. The van der Waals surface area contributed by atoms with Gasteiger partial charge in [0.05, 0.1) is 0 Å². The third-order valence-corrected chi connectivity index (χ3v) is 4.08. The fraction of sp³-hybridized carbons (Fsp3) is 0.562. The zero-order valence-electron chi connectivity index (χ0n) is 12.0. The lowest BCUT2D eigenvalue weighted by molar-refractivity contribution is 0.0686. The highest BCUT2D eigenvalue weighted by Crippen LogP contribution is 2.24. The number of hydrogen-bond donors (Lipinski definition) is 1. The molecule has 1 saturated heterocycles. The molecule has 0 atom stereocenters. The number of carbonyl (C=O) groups excluding carboxylic acids is 1. The smallest absolute Gasteiger partial charge is 0.254 e. The normalized spacial score (nSPS) is 16.6. The third-order valence-electron chi connectivity index (χ3n) is 4.08. The van der Waals surface area contributed by atoms with Crippen molar-refractivity contribution in [2.24, 2.45) is 5.92 Å².